The molecule has 0 radical (unpaired) electrons. The number of hydrogen-bond donors (Lipinski definition) is 0. The predicted molar refractivity (Wildman–Crippen MR) is 49.7 cm³/mol. The lowest BCUT2D eigenvalue weighted by Crippen LogP contribution is -2.29. The summed E-state index contributed by atoms with van der Waals surface area (Å²) in [5, 5.41) is 0. The van der Waals surface area contributed by atoms with Crippen LogP contribution in [0, 0.1) is 12.3 Å². The molecule has 1 aromatic heterocycles. The molecule has 2 rings (SSSR count). The zero-order valence-corrected chi connectivity index (χ0v) is 9.36. The Bertz CT molecular complexity index is 452. The Labute approximate surface area is 98.6 Å². The highest BCUT2D eigenvalue weighted by Gasteiger charge is 2.63. The fourth-order valence-corrected chi connectivity index (χ4v) is 1.81. The van der Waals surface area contributed by atoms with E-state index < -0.39 is 30.0 Å². The van der Waals surface area contributed by atoms with Crippen molar-refractivity contribution in [1.29, 1.82) is 0 Å². The van der Waals surface area contributed by atoms with Gasteiger partial charge < -0.3 is 4.57 Å². The van der Waals surface area contributed by atoms with Crippen molar-refractivity contribution in [3.63, 3.8) is 0 Å². The van der Waals surface area contributed by atoms with Crippen LogP contribution in [0.1, 0.15) is 24.4 Å². The van der Waals surface area contributed by atoms with E-state index >= 15 is 0 Å². The molecule has 0 N–H and O–H groups in total. The fourth-order valence-electron chi connectivity index (χ4n) is 1.81. The largest absolute Gasteiger partial charge is 0.434 e. The predicted octanol–water partition coefficient (Wildman–Crippen LogP) is 3.55. The lowest BCUT2D eigenvalue weighted by Gasteiger charge is -2.20. The normalized spacial score (nSPS) is 19.1. The Kier molecular flexibility index (Phi) is 2.68. The fraction of sp³-hybridized carbons (Fsp3) is 0.700. The van der Waals surface area contributed by atoms with Gasteiger partial charge in [-0.25, -0.2) is 4.98 Å². The van der Waals surface area contributed by atoms with E-state index in [4.69, 9.17) is 0 Å². The highest BCUT2D eigenvalue weighted by atomic mass is 19.4. The van der Waals surface area contributed by atoms with Crippen molar-refractivity contribution in [3.8, 4) is 0 Å². The third-order valence-electron chi connectivity index (χ3n) is 3.19. The van der Waals surface area contributed by atoms with Crippen LogP contribution < -0.4 is 0 Å². The van der Waals surface area contributed by atoms with Crippen LogP contribution in [0.5, 0.6) is 0 Å². The molecule has 0 aliphatic heterocycles. The molecule has 18 heavy (non-hydrogen) atoms. The smallest absolute Gasteiger partial charge is 0.334 e. The number of alkyl halides is 6. The highest BCUT2D eigenvalue weighted by molar-refractivity contribution is 5.09. The summed E-state index contributed by atoms with van der Waals surface area (Å²) >= 11 is 0. The molecule has 0 bridgehead atoms. The van der Waals surface area contributed by atoms with Crippen molar-refractivity contribution in [2.75, 3.05) is 0 Å². The first-order chi connectivity index (χ1) is 8.05. The third-order valence-corrected chi connectivity index (χ3v) is 3.19. The second-order valence-electron chi connectivity index (χ2n) is 4.58. The number of aryl methyl sites for hydroxylation is 1. The van der Waals surface area contributed by atoms with E-state index in [2.05, 4.69) is 4.98 Å². The van der Waals surface area contributed by atoms with Crippen molar-refractivity contribution in [2.24, 2.45) is 5.41 Å². The molecule has 1 heterocycles. The molecule has 1 aliphatic rings. The summed E-state index contributed by atoms with van der Waals surface area (Å²) in [6.45, 7) is 0.771. The number of aromatic nitrogens is 2. The van der Waals surface area contributed by atoms with E-state index in [-0.39, 0.29) is 18.7 Å². The number of halogens is 6. The Morgan fingerprint density at radius 2 is 1.78 bits per heavy atom. The molecular formula is C10H10F6N2. The van der Waals surface area contributed by atoms with E-state index in [1.165, 1.54) is 6.92 Å². The third kappa shape index (κ3) is 2.20. The number of nitrogens with zero attached hydrogens (tertiary/aromatic N) is 2. The SMILES string of the molecule is Cc1nc(C(F)(F)F)cn1CC1(C(F)(F)F)CC1. The molecule has 0 aromatic carbocycles. The van der Waals surface area contributed by atoms with Gasteiger partial charge in [0.1, 0.15) is 5.82 Å². The van der Waals surface area contributed by atoms with Crippen molar-refractivity contribution in [2.45, 2.75) is 38.7 Å². The standard InChI is InChI=1S/C10H10F6N2/c1-6-17-7(9(11,12)13)4-18(6)5-8(2-3-8)10(14,15)16/h4H,2-3,5H2,1H3. The molecule has 0 atom stereocenters. The van der Waals surface area contributed by atoms with E-state index in [0.29, 0.717) is 6.20 Å². The van der Waals surface area contributed by atoms with E-state index in [1.807, 2.05) is 0 Å². The summed E-state index contributed by atoms with van der Waals surface area (Å²) in [6.07, 6.45) is -8.47. The van der Waals surface area contributed by atoms with Crippen LogP contribution in [0.4, 0.5) is 26.3 Å². The number of imidazole rings is 1. The molecule has 1 saturated carbocycles. The Hall–Kier alpha value is -1.21. The van der Waals surface area contributed by atoms with Crippen LogP contribution in [0.15, 0.2) is 6.20 Å². The van der Waals surface area contributed by atoms with Gasteiger partial charge in [-0.05, 0) is 19.8 Å². The summed E-state index contributed by atoms with van der Waals surface area (Å²) in [5.41, 5.74) is -3.03. The minimum Gasteiger partial charge on any atom is -0.334 e. The summed E-state index contributed by atoms with van der Waals surface area (Å²) in [4.78, 5) is 3.25. The van der Waals surface area contributed by atoms with Gasteiger partial charge in [-0.1, -0.05) is 0 Å². The second kappa shape index (κ2) is 3.64. The van der Waals surface area contributed by atoms with Crippen LogP contribution >= 0.6 is 0 Å². The lowest BCUT2D eigenvalue weighted by atomic mass is 10.1. The molecule has 0 unspecified atom stereocenters. The maximum Gasteiger partial charge on any atom is 0.434 e. The zero-order valence-electron chi connectivity index (χ0n) is 9.36. The molecule has 1 fully saturated rings. The average Bonchev–Trinajstić information content (AvgIpc) is 2.85. The van der Waals surface area contributed by atoms with Gasteiger partial charge in [0.05, 0.1) is 5.41 Å². The average molecular weight is 272 g/mol. The van der Waals surface area contributed by atoms with Crippen molar-refractivity contribution in [3.05, 3.63) is 17.7 Å². The maximum absolute atomic E-state index is 12.7. The second-order valence-corrected chi connectivity index (χ2v) is 4.58. The molecule has 0 saturated heterocycles. The van der Waals surface area contributed by atoms with Gasteiger partial charge in [0.25, 0.3) is 0 Å². The molecule has 0 spiro atoms. The molecule has 1 aromatic rings. The van der Waals surface area contributed by atoms with E-state index in [0.717, 1.165) is 4.57 Å². The van der Waals surface area contributed by atoms with Gasteiger partial charge in [0, 0.05) is 12.7 Å². The molecule has 8 heteroatoms. The Morgan fingerprint density at radius 3 is 2.11 bits per heavy atom. The van der Waals surface area contributed by atoms with Crippen molar-refractivity contribution >= 4 is 0 Å². The van der Waals surface area contributed by atoms with Crippen LogP contribution in [-0.4, -0.2) is 15.7 Å². The monoisotopic (exact) mass is 272 g/mol. The number of hydrogen-bond acceptors (Lipinski definition) is 1. The summed E-state index contributed by atoms with van der Waals surface area (Å²) in [5.74, 6) is -0.0575. The van der Waals surface area contributed by atoms with Gasteiger partial charge >= 0.3 is 12.4 Å². The highest BCUT2D eigenvalue weighted by Crippen LogP contribution is 2.58. The Balaban J connectivity index is 2.24. The van der Waals surface area contributed by atoms with Gasteiger partial charge in [-0.3, -0.25) is 0 Å². The minimum atomic E-state index is -4.63. The Morgan fingerprint density at radius 1 is 1.22 bits per heavy atom. The summed E-state index contributed by atoms with van der Waals surface area (Å²) < 4.78 is 76.1. The van der Waals surface area contributed by atoms with Gasteiger partial charge in [0.2, 0.25) is 0 Å². The first kappa shape index (κ1) is 13.2. The van der Waals surface area contributed by atoms with Crippen molar-refractivity contribution < 1.29 is 26.3 Å². The van der Waals surface area contributed by atoms with Crippen LogP contribution in [0.2, 0.25) is 0 Å². The molecule has 0 amide bonds. The topological polar surface area (TPSA) is 17.8 Å². The summed E-state index contributed by atoms with van der Waals surface area (Å²) in [6, 6.07) is 0. The van der Waals surface area contributed by atoms with Crippen molar-refractivity contribution in [1.82, 2.24) is 9.55 Å². The zero-order chi connectivity index (χ0) is 13.8. The maximum atomic E-state index is 12.7. The van der Waals surface area contributed by atoms with E-state index in [9.17, 15) is 26.3 Å². The molecule has 102 valence electrons. The molecule has 1 aliphatic carbocycles. The number of rotatable bonds is 2. The van der Waals surface area contributed by atoms with Crippen LogP contribution in [0.3, 0.4) is 0 Å². The lowest BCUT2D eigenvalue weighted by molar-refractivity contribution is -0.191. The quantitative estimate of drug-likeness (QED) is 0.753. The van der Waals surface area contributed by atoms with Crippen LogP contribution in [0.25, 0.3) is 0 Å². The van der Waals surface area contributed by atoms with Gasteiger partial charge in [-0.2, -0.15) is 26.3 Å². The summed E-state index contributed by atoms with van der Waals surface area (Å²) in [7, 11) is 0. The first-order valence-corrected chi connectivity index (χ1v) is 5.23. The minimum absolute atomic E-state index is 0.0462. The molecule has 2 nitrogen and oxygen atoms in total. The van der Waals surface area contributed by atoms with Crippen LogP contribution in [-0.2, 0) is 12.7 Å². The van der Waals surface area contributed by atoms with Gasteiger partial charge in [-0.15, -0.1) is 0 Å². The molecular weight excluding hydrogens is 262 g/mol. The van der Waals surface area contributed by atoms with Gasteiger partial charge in [0.15, 0.2) is 5.69 Å². The van der Waals surface area contributed by atoms with E-state index in [1.54, 1.807) is 0 Å². The first-order valence-electron chi connectivity index (χ1n) is 5.23.